The van der Waals surface area contributed by atoms with Gasteiger partial charge in [-0.25, -0.2) is 4.79 Å². The molecule has 1 aromatic carbocycles. The van der Waals surface area contributed by atoms with Gasteiger partial charge in [-0.05, 0) is 70.2 Å². The molecule has 1 fully saturated rings. The molecule has 1 atom stereocenters. The fourth-order valence-corrected chi connectivity index (χ4v) is 2.95. The number of nitriles is 1. The van der Waals surface area contributed by atoms with Gasteiger partial charge in [0.1, 0.15) is 5.60 Å². The van der Waals surface area contributed by atoms with Crippen LogP contribution in [0.4, 0.5) is 4.79 Å². The second-order valence-corrected chi connectivity index (χ2v) is 6.97. The Morgan fingerprint density at radius 3 is 2.59 bits per heavy atom. The molecule has 0 spiro atoms. The fourth-order valence-electron chi connectivity index (χ4n) is 2.95. The van der Waals surface area contributed by atoms with Gasteiger partial charge in [-0.3, -0.25) is 0 Å². The Morgan fingerprint density at radius 2 is 2.00 bits per heavy atom. The van der Waals surface area contributed by atoms with Crippen LogP contribution >= 0.6 is 0 Å². The second-order valence-electron chi connectivity index (χ2n) is 6.97. The summed E-state index contributed by atoms with van der Waals surface area (Å²) in [5.41, 5.74) is 3.35. The Labute approximate surface area is 132 Å². The third kappa shape index (κ3) is 3.41. The quantitative estimate of drug-likeness (QED) is 0.779. The van der Waals surface area contributed by atoms with Crippen LogP contribution in [0.15, 0.2) is 12.1 Å². The van der Waals surface area contributed by atoms with Gasteiger partial charge < -0.3 is 9.64 Å². The predicted molar refractivity (Wildman–Crippen MR) is 85.5 cm³/mol. The number of aryl methyl sites for hydroxylation is 2. The van der Waals surface area contributed by atoms with Crippen molar-refractivity contribution in [1.82, 2.24) is 4.90 Å². The number of nitrogens with zero attached hydrogens (tertiary/aromatic N) is 2. The molecule has 1 aromatic rings. The molecule has 0 N–H and O–H groups in total. The maximum atomic E-state index is 12.4. The molecule has 0 radical (unpaired) electrons. The Bertz CT molecular complexity index is 623. The first-order valence-electron chi connectivity index (χ1n) is 7.74. The van der Waals surface area contributed by atoms with E-state index in [1.54, 1.807) is 0 Å². The molecule has 1 aliphatic rings. The smallest absolute Gasteiger partial charge is 0.410 e. The number of ether oxygens (including phenoxy) is 1. The minimum atomic E-state index is -0.486. The summed E-state index contributed by atoms with van der Waals surface area (Å²) >= 11 is 0. The van der Waals surface area contributed by atoms with E-state index in [9.17, 15) is 4.79 Å². The van der Waals surface area contributed by atoms with Crippen molar-refractivity contribution in [1.29, 1.82) is 5.26 Å². The van der Waals surface area contributed by atoms with Crippen LogP contribution < -0.4 is 0 Å². The molecule has 0 bridgehead atoms. The number of benzene rings is 1. The summed E-state index contributed by atoms with van der Waals surface area (Å²) in [5, 5.41) is 9.13. The van der Waals surface area contributed by atoms with Gasteiger partial charge >= 0.3 is 6.09 Å². The predicted octanol–water partition coefficient (Wildman–Crippen LogP) is 4.25. The molecular formula is C18H24N2O2. The number of amides is 1. The molecule has 1 saturated heterocycles. The standard InChI is InChI=1S/C18H24N2O2/c1-12-10-15(13(2)9-14(12)11-19)16-7-6-8-20(16)17(21)22-18(3,4)5/h9-10,16H,6-8H2,1-5H3. The number of likely N-dealkylation sites (tertiary alicyclic amines) is 1. The van der Waals surface area contributed by atoms with Crippen LogP contribution in [-0.4, -0.2) is 23.1 Å². The highest BCUT2D eigenvalue weighted by molar-refractivity contribution is 5.69. The minimum Gasteiger partial charge on any atom is -0.444 e. The van der Waals surface area contributed by atoms with E-state index in [-0.39, 0.29) is 12.1 Å². The van der Waals surface area contributed by atoms with Crippen molar-refractivity contribution in [2.24, 2.45) is 0 Å². The van der Waals surface area contributed by atoms with Gasteiger partial charge in [0.25, 0.3) is 0 Å². The molecule has 22 heavy (non-hydrogen) atoms. The maximum Gasteiger partial charge on any atom is 0.410 e. The zero-order valence-corrected chi connectivity index (χ0v) is 14.1. The van der Waals surface area contributed by atoms with E-state index in [1.807, 2.05) is 51.7 Å². The van der Waals surface area contributed by atoms with Crippen molar-refractivity contribution in [2.75, 3.05) is 6.54 Å². The van der Waals surface area contributed by atoms with Crippen molar-refractivity contribution in [3.63, 3.8) is 0 Å². The van der Waals surface area contributed by atoms with Gasteiger partial charge in [-0.2, -0.15) is 5.26 Å². The molecule has 2 rings (SSSR count). The summed E-state index contributed by atoms with van der Waals surface area (Å²) in [6, 6.07) is 6.21. The summed E-state index contributed by atoms with van der Waals surface area (Å²) in [5.74, 6) is 0. The summed E-state index contributed by atoms with van der Waals surface area (Å²) in [6.07, 6.45) is 1.66. The van der Waals surface area contributed by atoms with Gasteiger partial charge in [-0.15, -0.1) is 0 Å². The van der Waals surface area contributed by atoms with Crippen molar-refractivity contribution in [3.8, 4) is 6.07 Å². The number of carbonyl (C=O) groups is 1. The SMILES string of the molecule is Cc1cc(C2CCCN2C(=O)OC(C)(C)C)c(C)cc1C#N. The lowest BCUT2D eigenvalue weighted by Crippen LogP contribution is -2.36. The fraction of sp³-hybridized carbons (Fsp3) is 0.556. The van der Waals surface area contributed by atoms with Gasteiger partial charge in [0, 0.05) is 6.54 Å². The Morgan fingerprint density at radius 1 is 1.32 bits per heavy atom. The number of carbonyl (C=O) groups excluding carboxylic acids is 1. The maximum absolute atomic E-state index is 12.4. The number of hydrogen-bond acceptors (Lipinski definition) is 3. The highest BCUT2D eigenvalue weighted by Gasteiger charge is 2.34. The lowest BCUT2D eigenvalue weighted by Gasteiger charge is -2.29. The first-order valence-corrected chi connectivity index (χ1v) is 7.74. The largest absolute Gasteiger partial charge is 0.444 e. The molecule has 118 valence electrons. The van der Waals surface area contributed by atoms with E-state index in [0.29, 0.717) is 5.56 Å². The highest BCUT2D eigenvalue weighted by atomic mass is 16.6. The molecule has 0 aliphatic carbocycles. The third-order valence-electron chi connectivity index (χ3n) is 3.97. The molecule has 0 saturated carbocycles. The Kier molecular flexibility index (Phi) is 4.46. The van der Waals surface area contributed by atoms with E-state index < -0.39 is 5.60 Å². The summed E-state index contributed by atoms with van der Waals surface area (Å²) in [7, 11) is 0. The molecule has 1 heterocycles. The van der Waals surface area contributed by atoms with Gasteiger partial charge in [0.15, 0.2) is 0 Å². The van der Waals surface area contributed by atoms with E-state index in [4.69, 9.17) is 10.00 Å². The Balaban J connectivity index is 2.30. The van der Waals surface area contributed by atoms with Gasteiger partial charge in [0.05, 0.1) is 17.7 Å². The van der Waals surface area contributed by atoms with Crippen molar-refractivity contribution in [3.05, 3.63) is 34.4 Å². The lowest BCUT2D eigenvalue weighted by molar-refractivity contribution is 0.0224. The molecular weight excluding hydrogens is 276 g/mol. The first kappa shape index (κ1) is 16.4. The molecule has 1 amide bonds. The van der Waals surface area contributed by atoms with E-state index in [0.717, 1.165) is 36.1 Å². The first-order chi connectivity index (χ1) is 10.2. The zero-order chi connectivity index (χ0) is 16.5. The lowest BCUT2D eigenvalue weighted by atomic mass is 9.94. The Hall–Kier alpha value is -2.02. The molecule has 4 nitrogen and oxygen atoms in total. The summed E-state index contributed by atoms with van der Waals surface area (Å²) < 4.78 is 5.52. The van der Waals surface area contributed by atoms with Crippen LogP contribution in [0.3, 0.4) is 0 Å². The van der Waals surface area contributed by atoms with Gasteiger partial charge in [0.2, 0.25) is 0 Å². The zero-order valence-electron chi connectivity index (χ0n) is 14.1. The van der Waals surface area contributed by atoms with Crippen molar-refractivity contribution >= 4 is 6.09 Å². The average molecular weight is 300 g/mol. The van der Waals surface area contributed by atoms with Crippen LogP contribution in [0.2, 0.25) is 0 Å². The number of rotatable bonds is 1. The molecule has 1 unspecified atom stereocenters. The van der Waals surface area contributed by atoms with Crippen molar-refractivity contribution < 1.29 is 9.53 Å². The highest BCUT2D eigenvalue weighted by Crippen LogP contribution is 2.35. The summed E-state index contributed by atoms with van der Waals surface area (Å²) in [6.45, 7) is 10.3. The monoisotopic (exact) mass is 300 g/mol. The molecule has 0 aromatic heterocycles. The normalized spacial score (nSPS) is 18.2. The van der Waals surface area contributed by atoms with Crippen LogP contribution in [0.5, 0.6) is 0 Å². The molecule has 1 aliphatic heterocycles. The van der Waals surface area contributed by atoms with Crippen LogP contribution in [-0.2, 0) is 4.74 Å². The van der Waals surface area contributed by atoms with E-state index in [1.165, 1.54) is 0 Å². The second kappa shape index (κ2) is 6.00. The van der Waals surface area contributed by atoms with Crippen LogP contribution in [0.1, 0.15) is 61.9 Å². The van der Waals surface area contributed by atoms with Gasteiger partial charge in [-0.1, -0.05) is 6.07 Å². The van der Waals surface area contributed by atoms with E-state index >= 15 is 0 Å². The minimum absolute atomic E-state index is 0.0429. The average Bonchev–Trinajstić information content (AvgIpc) is 2.88. The van der Waals surface area contributed by atoms with Crippen molar-refractivity contribution in [2.45, 2.75) is 59.1 Å². The molecule has 4 heteroatoms. The summed E-state index contributed by atoms with van der Waals surface area (Å²) in [4.78, 5) is 14.2. The topological polar surface area (TPSA) is 53.3 Å². The third-order valence-corrected chi connectivity index (χ3v) is 3.97. The number of hydrogen-bond donors (Lipinski definition) is 0. The van der Waals surface area contributed by atoms with Crippen LogP contribution in [0.25, 0.3) is 0 Å². The van der Waals surface area contributed by atoms with E-state index in [2.05, 4.69) is 6.07 Å². The van der Waals surface area contributed by atoms with Crippen LogP contribution in [0, 0.1) is 25.2 Å².